The lowest BCUT2D eigenvalue weighted by atomic mass is 10.2. The van der Waals surface area contributed by atoms with Gasteiger partial charge in [-0.15, -0.1) is 5.10 Å². The van der Waals surface area contributed by atoms with Crippen molar-refractivity contribution in [1.29, 1.82) is 0 Å². The first kappa shape index (κ1) is 14.1. The molecule has 0 saturated carbocycles. The molecule has 0 atom stereocenters. The Morgan fingerprint density at radius 3 is 2.76 bits per heavy atom. The number of rotatable bonds is 9. The molecule has 0 spiro atoms. The highest BCUT2D eigenvalue weighted by Crippen LogP contribution is 1.98. The first-order valence-corrected chi connectivity index (χ1v) is 6.30. The van der Waals surface area contributed by atoms with Gasteiger partial charge in [-0.05, 0) is 33.6 Å². The number of ether oxygens (including phenoxy) is 2. The van der Waals surface area contributed by atoms with Gasteiger partial charge in [-0.3, -0.25) is 4.68 Å². The minimum Gasteiger partial charge on any atom is -0.379 e. The summed E-state index contributed by atoms with van der Waals surface area (Å²) in [5.41, 5.74) is 1.04. The Kier molecular flexibility index (Phi) is 6.81. The van der Waals surface area contributed by atoms with Crippen LogP contribution in [0.1, 0.15) is 32.9 Å². The minimum atomic E-state index is 0.280. The molecule has 0 aliphatic carbocycles. The highest BCUT2D eigenvalue weighted by atomic mass is 16.5. The summed E-state index contributed by atoms with van der Waals surface area (Å²) in [7, 11) is 0. The van der Waals surface area contributed by atoms with E-state index in [1.54, 1.807) is 0 Å². The topological polar surface area (TPSA) is 49.2 Å². The van der Waals surface area contributed by atoms with Crippen LogP contribution >= 0.6 is 0 Å². The maximum atomic E-state index is 5.46. The molecule has 1 aromatic heterocycles. The lowest BCUT2D eigenvalue weighted by molar-refractivity contribution is 0.0190. The molecular weight excluding hydrogens is 218 g/mol. The normalized spacial score (nSPS) is 11.3. The van der Waals surface area contributed by atoms with Crippen molar-refractivity contribution in [2.75, 3.05) is 19.8 Å². The van der Waals surface area contributed by atoms with E-state index in [4.69, 9.17) is 9.47 Å². The van der Waals surface area contributed by atoms with E-state index in [-0.39, 0.29) is 6.10 Å². The van der Waals surface area contributed by atoms with Crippen molar-refractivity contribution in [2.45, 2.75) is 46.3 Å². The molecule has 0 saturated heterocycles. The van der Waals surface area contributed by atoms with Crippen LogP contribution in [0.15, 0.2) is 6.20 Å². The Balaban J connectivity index is 1.97. The summed E-state index contributed by atoms with van der Waals surface area (Å²) >= 11 is 0. The predicted octanol–water partition coefficient (Wildman–Crippen LogP) is 1.67. The summed E-state index contributed by atoms with van der Waals surface area (Å²) in [4.78, 5) is 0. The van der Waals surface area contributed by atoms with Crippen LogP contribution in [0.5, 0.6) is 0 Å². The number of nitrogens with zero attached hydrogens (tertiary/aromatic N) is 3. The SMILES string of the molecule is CCn1cc(CCCOCCOC(C)C)nn1. The van der Waals surface area contributed by atoms with Gasteiger partial charge >= 0.3 is 0 Å². The molecule has 0 aliphatic rings. The Labute approximate surface area is 103 Å². The Morgan fingerprint density at radius 1 is 1.29 bits per heavy atom. The van der Waals surface area contributed by atoms with Crippen LogP contribution in [-0.2, 0) is 22.4 Å². The quantitative estimate of drug-likeness (QED) is 0.617. The fourth-order valence-corrected chi connectivity index (χ4v) is 1.41. The molecule has 0 N–H and O–H groups in total. The molecule has 5 nitrogen and oxygen atoms in total. The van der Waals surface area contributed by atoms with Gasteiger partial charge in [0.2, 0.25) is 0 Å². The number of aryl methyl sites for hydroxylation is 2. The molecule has 0 unspecified atom stereocenters. The minimum absolute atomic E-state index is 0.280. The molecule has 0 radical (unpaired) electrons. The first-order chi connectivity index (χ1) is 8.22. The second-order valence-corrected chi connectivity index (χ2v) is 4.20. The molecule has 5 heteroatoms. The van der Waals surface area contributed by atoms with Crippen molar-refractivity contribution >= 4 is 0 Å². The Hall–Kier alpha value is -0.940. The van der Waals surface area contributed by atoms with Gasteiger partial charge in [0, 0.05) is 19.3 Å². The zero-order valence-electron chi connectivity index (χ0n) is 11.1. The van der Waals surface area contributed by atoms with Crippen LogP contribution in [0, 0.1) is 0 Å². The van der Waals surface area contributed by atoms with Crippen LogP contribution in [0.2, 0.25) is 0 Å². The third kappa shape index (κ3) is 6.38. The van der Waals surface area contributed by atoms with Crippen LogP contribution in [-0.4, -0.2) is 40.9 Å². The Morgan fingerprint density at radius 2 is 2.12 bits per heavy atom. The molecule has 98 valence electrons. The van der Waals surface area contributed by atoms with Gasteiger partial charge in [-0.2, -0.15) is 0 Å². The summed E-state index contributed by atoms with van der Waals surface area (Å²) in [5.74, 6) is 0. The van der Waals surface area contributed by atoms with Crippen molar-refractivity contribution < 1.29 is 9.47 Å². The number of hydrogen-bond acceptors (Lipinski definition) is 4. The van der Waals surface area contributed by atoms with E-state index in [0.29, 0.717) is 13.2 Å². The summed E-state index contributed by atoms with van der Waals surface area (Å²) in [5, 5.41) is 8.07. The molecule has 1 rings (SSSR count). The summed E-state index contributed by atoms with van der Waals surface area (Å²) in [6, 6.07) is 0. The number of aromatic nitrogens is 3. The second kappa shape index (κ2) is 8.20. The van der Waals surface area contributed by atoms with Crippen LogP contribution in [0.3, 0.4) is 0 Å². The van der Waals surface area contributed by atoms with Gasteiger partial charge in [0.25, 0.3) is 0 Å². The largest absolute Gasteiger partial charge is 0.379 e. The summed E-state index contributed by atoms with van der Waals surface area (Å²) < 4.78 is 12.7. The average molecular weight is 241 g/mol. The molecular formula is C12H23N3O2. The highest BCUT2D eigenvalue weighted by molar-refractivity contribution is 4.91. The molecule has 0 aromatic carbocycles. The first-order valence-electron chi connectivity index (χ1n) is 6.30. The van der Waals surface area contributed by atoms with Gasteiger partial charge in [-0.1, -0.05) is 5.21 Å². The molecule has 17 heavy (non-hydrogen) atoms. The van der Waals surface area contributed by atoms with Crippen molar-refractivity contribution in [3.05, 3.63) is 11.9 Å². The van der Waals surface area contributed by atoms with Gasteiger partial charge in [0.15, 0.2) is 0 Å². The van der Waals surface area contributed by atoms with Gasteiger partial charge in [-0.25, -0.2) is 0 Å². The fourth-order valence-electron chi connectivity index (χ4n) is 1.41. The van der Waals surface area contributed by atoms with Gasteiger partial charge in [0.05, 0.1) is 25.0 Å². The van der Waals surface area contributed by atoms with E-state index in [0.717, 1.165) is 31.7 Å². The molecule has 0 fully saturated rings. The van der Waals surface area contributed by atoms with Crippen molar-refractivity contribution in [1.82, 2.24) is 15.0 Å². The second-order valence-electron chi connectivity index (χ2n) is 4.20. The van der Waals surface area contributed by atoms with E-state index < -0.39 is 0 Å². The van der Waals surface area contributed by atoms with Crippen molar-refractivity contribution in [3.63, 3.8) is 0 Å². The Bertz CT molecular complexity index is 300. The third-order valence-electron chi connectivity index (χ3n) is 2.31. The molecule has 1 heterocycles. The molecule has 0 bridgehead atoms. The summed E-state index contributed by atoms with van der Waals surface area (Å²) in [6.07, 6.45) is 4.17. The highest BCUT2D eigenvalue weighted by Gasteiger charge is 1.99. The van der Waals surface area contributed by atoms with Crippen molar-refractivity contribution in [2.24, 2.45) is 0 Å². The van der Waals surface area contributed by atoms with E-state index in [1.807, 2.05) is 24.7 Å². The van der Waals surface area contributed by atoms with Crippen LogP contribution in [0.4, 0.5) is 0 Å². The maximum absolute atomic E-state index is 5.46. The lowest BCUT2D eigenvalue weighted by Crippen LogP contribution is -2.10. The lowest BCUT2D eigenvalue weighted by Gasteiger charge is -2.07. The van der Waals surface area contributed by atoms with E-state index in [9.17, 15) is 0 Å². The van der Waals surface area contributed by atoms with Gasteiger partial charge in [0.1, 0.15) is 0 Å². The van der Waals surface area contributed by atoms with Crippen LogP contribution < -0.4 is 0 Å². The zero-order valence-corrected chi connectivity index (χ0v) is 11.1. The standard InChI is InChI=1S/C12H23N3O2/c1-4-15-10-12(13-14-15)6-5-7-16-8-9-17-11(2)3/h10-11H,4-9H2,1-3H3. The monoisotopic (exact) mass is 241 g/mol. The molecule has 1 aromatic rings. The van der Waals surface area contributed by atoms with E-state index >= 15 is 0 Å². The van der Waals surface area contributed by atoms with E-state index in [1.165, 1.54) is 0 Å². The van der Waals surface area contributed by atoms with Crippen molar-refractivity contribution in [3.8, 4) is 0 Å². The fraction of sp³-hybridized carbons (Fsp3) is 0.833. The van der Waals surface area contributed by atoms with Gasteiger partial charge < -0.3 is 9.47 Å². The zero-order chi connectivity index (χ0) is 12.5. The predicted molar refractivity (Wildman–Crippen MR) is 65.9 cm³/mol. The molecule has 0 amide bonds. The summed E-state index contributed by atoms with van der Waals surface area (Å²) in [6.45, 7) is 9.06. The third-order valence-corrected chi connectivity index (χ3v) is 2.31. The smallest absolute Gasteiger partial charge is 0.0828 e. The maximum Gasteiger partial charge on any atom is 0.0828 e. The molecule has 0 aliphatic heterocycles. The average Bonchev–Trinajstić information content (AvgIpc) is 2.75. The van der Waals surface area contributed by atoms with Crippen LogP contribution in [0.25, 0.3) is 0 Å². The number of hydrogen-bond donors (Lipinski definition) is 0. The van der Waals surface area contributed by atoms with E-state index in [2.05, 4.69) is 17.2 Å².